The molecule has 1 amide bonds. The Morgan fingerprint density at radius 3 is 2.61 bits per heavy atom. The summed E-state index contributed by atoms with van der Waals surface area (Å²) in [6.45, 7) is 3.42. The summed E-state index contributed by atoms with van der Waals surface area (Å²) in [6, 6.07) is 12.3. The van der Waals surface area contributed by atoms with Gasteiger partial charge in [0.1, 0.15) is 5.75 Å². The highest BCUT2D eigenvalue weighted by molar-refractivity contribution is 5.88. The molecule has 3 rings (SSSR count). The Bertz CT molecular complexity index is 704. The van der Waals surface area contributed by atoms with Crippen molar-refractivity contribution in [3.63, 3.8) is 0 Å². The molecule has 2 aromatic rings. The molecular formula is C18H23ClN2O2. The van der Waals surface area contributed by atoms with E-state index in [0.29, 0.717) is 6.54 Å². The normalized spacial score (nSPS) is 18.6. The maximum absolute atomic E-state index is 12.6. The predicted molar refractivity (Wildman–Crippen MR) is 95.3 cm³/mol. The molecule has 1 saturated heterocycles. The number of rotatable bonds is 3. The minimum Gasteiger partial charge on any atom is -0.497 e. The summed E-state index contributed by atoms with van der Waals surface area (Å²) in [5.41, 5.74) is 6.94. The van der Waals surface area contributed by atoms with E-state index in [2.05, 4.69) is 6.07 Å². The molecule has 1 aliphatic heterocycles. The number of benzene rings is 2. The number of fused-ring (bicyclic) bond motifs is 1. The average molecular weight is 335 g/mol. The van der Waals surface area contributed by atoms with Crippen molar-refractivity contribution in [1.29, 1.82) is 0 Å². The second kappa shape index (κ2) is 7.20. The number of ether oxygens (including phenoxy) is 1. The monoisotopic (exact) mass is 334 g/mol. The molecule has 1 fully saturated rings. The van der Waals surface area contributed by atoms with Gasteiger partial charge in [-0.05, 0) is 41.8 Å². The van der Waals surface area contributed by atoms with Crippen molar-refractivity contribution >= 4 is 29.1 Å². The van der Waals surface area contributed by atoms with E-state index in [9.17, 15) is 4.79 Å². The lowest BCUT2D eigenvalue weighted by molar-refractivity contribution is -0.131. The number of hydrogen-bond donors (Lipinski definition) is 1. The molecule has 1 heterocycles. The second-order valence-corrected chi connectivity index (χ2v) is 6.03. The highest BCUT2D eigenvalue weighted by atomic mass is 35.5. The first-order valence-electron chi connectivity index (χ1n) is 7.70. The van der Waals surface area contributed by atoms with Gasteiger partial charge < -0.3 is 15.4 Å². The molecule has 0 aliphatic carbocycles. The summed E-state index contributed by atoms with van der Waals surface area (Å²) in [5.74, 6) is 0.869. The van der Waals surface area contributed by atoms with Gasteiger partial charge in [0.25, 0.3) is 0 Å². The number of likely N-dealkylation sites (tertiary alicyclic amines) is 1. The van der Waals surface area contributed by atoms with Crippen LogP contribution < -0.4 is 10.5 Å². The van der Waals surface area contributed by atoms with Crippen LogP contribution in [0.25, 0.3) is 10.8 Å². The lowest BCUT2D eigenvalue weighted by Gasteiger charge is -2.21. The predicted octanol–water partition coefficient (Wildman–Crippen LogP) is 2.93. The molecule has 1 unspecified atom stereocenters. The first kappa shape index (κ1) is 17.6. The summed E-state index contributed by atoms with van der Waals surface area (Å²) < 4.78 is 5.24. The van der Waals surface area contributed by atoms with Crippen LogP contribution in [0.1, 0.15) is 24.8 Å². The van der Waals surface area contributed by atoms with E-state index in [0.717, 1.165) is 35.1 Å². The first-order valence-corrected chi connectivity index (χ1v) is 7.70. The van der Waals surface area contributed by atoms with Crippen LogP contribution in [0.2, 0.25) is 0 Å². The molecule has 23 heavy (non-hydrogen) atoms. The fraction of sp³-hybridized carbons (Fsp3) is 0.389. The first-order chi connectivity index (χ1) is 10.6. The van der Waals surface area contributed by atoms with Crippen LogP contribution in [0.15, 0.2) is 36.4 Å². The summed E-state index contributed by atoms with van der Waals surface area (Å²) >= 11 is 0. The van der Waals surface area contributed by atoms with E-state index in [1.807, 2.05) is 42.2 Å². The highest BCUT2D eigenvalue weighted by Gasteiger charge is 2.27. The van der Waals surface area contributed by atoms with Crippen molar-refractivity contribution in [1.82, 2.24) is 4.90 Å². The third-order valence-corrected chi connectivity index (χ3v) is 4.48. The van der Waals surface area contributed by atoms with E-state index < -0.39 is 0 Å². The Hall–Kier alpha value is -1.78. The molecule has 1 aliphatic rings. The molecule has 0 radical (unpaired) electrons. The summed E-state index contributed by atoms with van der Waals surface area (Å²) in [6.07, 6.45) is 0.899. The smallest absolute Gasteiger partial charge is 0.229 e. The van der Waals surface area contributed by atoms with Crippen molar-refractivity contribution in [2.45, 2.75) is 25.3 Å². The van der Waals surface area contributed by atoms with E-state index in [-0.39, 0.29) is 30.3 Å². The van der Waals surface area contributed by atoms with Crippen molar-refractivity contribution < 1.29 is 9.53 Å². The van der Waals surface area contributed by atoms with Crippen LogP contribution >= 0.6 is 12.4 Å². The topological polar surface area (TPSA) is 55.6 Å². The zero-order valence-corrected chi connectivity index (χ0v) is 14.3. The Balaban J connectivity index is 0.00000192. The Kier molecular flexibility index (Phi) is 5.50. The molecule has 2 atom stereocenters. The fourth-order valence-electron chi connectivity index (χ4n) is 3.04. The van der Waals surface area contributed by atoms with Gasteiger partial charge in [-0.2, -0.15) is 0 Å². The van der Waals surface area contributed by atoms with Crippen molar-refractivity contribution in [3.8, 4) is 5.75 Å². The lowest BCUT2D eigenvalue weighted by Crippen LogP contribution is -2.34. The highest BCUT2D eigenvalue weighted by Crippen LogP contribution is 2.26. The largest absolute Gasteiger partial charge is 0.497 e. The van der Waals surface area contributed by atoms with Gasteiger partial charge in [-0.1, -0.05) is 24.3 Å². The minimum atomic E-state index is -0.142. The van der Waals surface area contributed by atoms with Crippen LogP contribution in [0.3, 0.4) is 0 Å². The zero-order chi connectivity index (χ0) is 15.7. The van der Waals surface area contributed by atoms with Gasteiger partial charge in [-0.15, -0.1) is 12.4 Å². The van der Waals surface area contributed by atoms with Gasteiger partial charge in [0.15, 0.2) is 0 Å². The van der Waals surface area contributed by atoms with Gasteiger partial charge in [-0.3, -0.25) is 4.79 Å². The van der Waals surface area contributed by atoms with Crippen molar-refractivity contribution in [3.05, 3.63) is 42.0 Å². The van der Waals surface area contributed by atoms with Gasteiger partial charge in [0.2, 0.25) is 5.91 Å². The van der Waals surface area contributed by atoms with Gasteiger partial charge >= 0.3 is 0 Å². The zero-order valence-electron chi connectivity index (χ0n) is 13.5. The summed E-state index contributed by atoms with van der Waals surface area (Å²) in [5, 5.41) is 2.24. The molecule has 0 spiro atoms. The quantitative estimate of drug-likeness (QED) is 0.939. The summed E-state index contributed by atoms with van der Waals surface area (Å²) in [4.78, 5) is 14.5. The molecule has 0 saturated carbocycles. The third kappa shape index (κ3) is 3.59. The molecule has 0 bridgehead atoms. The standard InChI is InChI=1S/C18H22N2O2.ClH/c1-12(18(21)20-8-7-16(19)11-20)13-3-4-15-10-17(22-2)6-5-14(15)9-13;/h3-6,9-10,12,16H,7-8,11,19H2,1-2H3;1H/t12?,16-;/m1./s1. The second-order valence-electron chi connectivity index (χ2n) is 6.03. The van der Waals surface area contributed by atoms with E-state index in [1.165, 1.54) is 0 Å². The van der Waals surface area contributed by atoms with Crippen LogP contribution in [0.4, 0.5) is 0 Å². The third-order valence-electron chi connectivity index (χ3n) is 4.48. The molecule has 4 nitrogen and oxygen atoms in total. The minimum absolute atomic E-state index is 0. The van der Waals surface area contributed by atoms with Gasteiger partial charge in [0, 0.05) is 19.1 Å². The molecule has 5 heteroatoms. The van der Waals surface area contributed by atoms with Crippen LogP contribution in [0.5, 0.6) is 5.75 Å². The number of nitrogens with two attached hydrogens (primary N) is 1. The average Bonchev–Trinajstić information content (AvgIpc) is 2.98. The maximum Gasteiger partial charge on any atom is 0.229 e. The molecular weight excluding hydrogens is 312 g/mol. The maximum atomic E-state index is 12.6. The molecule has 0 aromatic heterocycles. The van der Waals surface area contributed by atoms with Gasteiger partial charge in [0.05, 0.1) is 13.0 Å². The van der Waals surface area contributed by atoms with Gasteiger partial charge in [-0.25, -0.2) is 0 Å². The number of halogens is 1. The Morgan fingerprint density at radius 1 is 1.26 bits per heavy atom. The van der Waals surface area contributed by atoms with E-state index in [4.69, 9.17) is 10.5 Å². The molecule has 124 valence electrons. The number of hydrogen-bond acceptors (Lipinski definition) is 3. The van der Waals surface area contributed by atoms with Crippen molar-refractivity contribution in [2.75, 3.05) is 20.2 Å². The number of nitrogens with zero attached hydrogens (tertiary/aromatic N) is 1. The van der Waals surface area contributed by atoms with E-state index >= 15 is 0 Å². The number of carbonyl (C=O) groups excluding carboxylic acids is 1. The Labute approximate surface area is 143 Å². The SMILES string of the molecule is COc1ccc2cc(C(C)C(=O)N3CC[C@@H](N)C3)ccc2c1.Cl. The van der Waals surface area contributed by atoms with Crippen LogP contribution in [-0.2, 0) is 4.79 Å². The van der Waals surface area contributed by atoms with Crippen LogP contribution in [-0.4, -0.2) is 37.0 Å². The molecule has 2 N–H and O–H groups in total. The molecule has 2 aromatic carbocycles. The summed E-state index contributed by atoms with van der Waals surface area (Å²) in [7, 11) is 1.66. The fourth-order valence-corrected chi connectivity index (χ4v) is 3.04. The number of amides is 1. The van der Waals surface area contributed by atoms with E-state index in [1.54, 1.807) is 7.11 Å². The van der Waals surface area contributed by atoms with Crippen LogP contribution in [0, 0.1) is 0 Å². The van der Waals surface area contributed by atoms with Crippen molar-refractivity contribution in [2.24, 2.45) is 5.73 Å². The Morgan fingerprint density at radius 2 is 1.96 bits per heavy atom. The number of carbonyl (C=O) groups is 1. The number of methoxy groups -OCH3 is 1. The lowest BCUT2D eigenvalue weighted by atomic mass is 9.96.